The van der Waals surface area contributed by atoms with Crippen molar-refractivity contribution in [3.8, 4) is 0 Å². The second-order valence-corrected chi connectivity index (χ2v) is 8.45. The van der Waals surface area contributed by atoms with Crippen molar-refractivity contribution in [2.75, 3.05) is 20.6 Å². The van der Waals surface area contributed by atoms with Gasteiger partial charge in [0.1, 0.15) is 5.76 Å². The van der Waals surface area contributed by atoms with Crippen LogP contribution in [0.25, 0.3) is 0 Å². The summed E-state index contributed by atoms with van der Waals surface area (Å²) in [6.45, 7) is 1.15. The minimum atomic E-state index is -3.50. The van der Waals surface area contributed by atoms with Crippen molar-refractivity contribution in [3.05, 3.63) is 17.9 Å². The van der Waals surface area contributed by atoms with E-state index < -0.39 is 10.0 Å². The van der Waals surface area contributed by atoms with Crippen molar-refractivity contribution < 1.29 is 12.8 Å². The fraction of sp³-hybridized carbons (Fsp3) is 0.733. The predicted molar refractivity (Wildman–Crippen MR) is 80.2 cm³/mol. The lowest BCUT2D eigenvalue weighted by Gasteiger charge is -2.26. The molecule has 1 heterocycles. The molecule has 118 valence electrons. The second-order valence-electron chi connectivity index (χ2n) is 6.47. The van der Waals surface area contributed by atoms with Crippen LogP contribution in [-0.4, -0.2) is 33.4 Å². The quantitative estimate of drug-likeness (QED) is 0.873. The lowest BCUT2D eigenvalue weighted by molar-refractivity contribution is 0.276. The van der Waals surface area contributed by atoms with Gasteiger partial charge in [0.25, 0.3) is 10.0 Å². The van der Waals surface area contributed by atoms with Crippen molar-refractivity contribution >= 4 is 10.0 Å². The van der Waals surface area contributed by atoms with Gasteiger partial charge in [0.05, 0.1) is 6.54 Å². The van der Waals surface area contributed by atoms with Gasteiger partial charge in [-0.15, -0.1) is 0 Å². The summed E-state index contributed by atoms with van der Waals surface area (Å²) >= 11 is 0. The van der Waals surface area contributed by atoms with E-state index in [0.29, 0.717) is 24.8 Å². The molecular weight excluding hydrogens is 288 g/mol. The van der Waals surface area contributed by atoms with Gasteiger partial charge in [-0.1, -0.05) is 6.42 Å². The zero-order valence-electron chi connectivity index (χ0n) is 12.7. The molecule has 1 aromatic heterocycles. The fourth-order valence-corrected chi connectivity index (χ4v) is 5.10. The van der Waals surface area contributed by atoms with Gasteiger partial charge in [0.15, 0.2) is 0 Å². The minimum Gasteiger partial charge on any atom is -0.447 e. The third-order valence-corrected chi connectivity index (χ3v) is 6.73. The van der Waals surface area contributed by atoms with Crippen molar-refractivity contribution in [2.45, 2.75) is 37.3 Å². The molecule has 5 nitrogen and oxygen atoms in total. The highest BCUT2D eigenvalue weighted by molar-refractivity contribution is 7.89. The summed E-state index contributed by atoms with van der Waals surface area (Å²) in [6.07, 6.45) is 5.10. The fourth-order valence-electron chi connectivity index (χ4n) is 3.95. The summed E-state index contributed by atoms with van der Waals surface area (Å²) in [5.41, 5.74) is 0. The van der Waals surface area contributed by atoms with Crippen LogP contribution in [-0.2, 0) is 16.6 Å². The first-order valence-electron chi connectivity index (χ1n) is 7.70. The number of sulfonamides is 1. The van der Waals surface area contributed by atoms with E-state index in [-0.39, 0.29) is 5.09 Å². The molecule has 3 rings (SSSR count). The van der Waals surface area contributed by atoms with Crippen LogP contribution in [0.3, 0.4) is 0 Å². The topological polar surface area (TPSA) is 62.6 Å². The molecule has 2 aliphatic rings. The highest BCUT2D eigenvalue weighted by Crippen LogP contribution is 2.48. The average Bonchev–Trinajstić information content (AvgIpc) is 3.14. The summed E-state index contributed by atoms with van der Waals surface area (Å²) in [4.78, 5) is 0. The standard InChI is InChI=1S/C15H24N2O3S/c1-16-9-14-5-6-15(20-14)21(18,19)17(2)10-13-8-11-3-4-12(13)7-11/h5-6,11-13,16H,3-4,7-10H2,1-2H3. The SMILES string of the molecule is CNCc1ccc(S(=O)(=O)N(C)CC2CC3CCC2C3)o1. The number of hydrogen-bond acceptors (Lipinski definition) is 4. The van der Waals surface area contributed by atoms with Crippen LogP contribution in [0.5, 0.6) is 0 Å². The summed E-state index contributed by atoms with van der Waals surface area (Å²) < 4.78 is 32.0. The summed E-state index contributed by atoms with van der Waals surface area (Å²) in [5, 5.41) is 3.01. The summed E-state index contributed by atoms with van der Waals surface area (Å²) in [7, 11) is -0.0301. The number of furan rings is 1. The normalized spacial score (nSPS) is 28.6. The summed E-state index contributed by atoms with van der Waals surface area (Å²) in [6, 6.07) is 3.27. The Balaban J connectivity index is 1.68. The number of nitrogens with zero attached hydrogens (tertiary/aromatic N) is 1. The first kappa shape index (κ1) is 15.1. The molecule has 2 aliphatic carbocycles. The van der Waals surface area contributed by atoms with Crippen LogP contribution in [0.2, 0.25) is 0 Å². The first-order chi connectivity index (χ1) is 10.0. The smallest absolute Gasteiger partial charge is 0.276 e. The molecule has 0 radical (unpaired) electrons. The molecule has 6 heteroatoms. The Morgan fingerprint density at radius 1 is 1.33 bits per heavy atom. The highest BCUT2D eigenvalue weighted by atomic mass is 32.2. The van der Waals surface area contributed by atoms with Gasteiger partial charge in [0, 0.05) is 13.6 Å². The molecule has 3 atom stereocenters. The Bertz CT molecular complexity index is 596. The second kappa shape index (κ2) is 5.74. The van der Waals surface area contributed by atoms with Crippen LogP contribution < -0.4 is 5.32 Å². The van der Waals surface area contributed by atoms with Crippen molar-refractivity contribution in [2.24, 2.45) is 17.8 Å². The first-order valence-corrected chi connectivity index (χ1v) is 9.14. The van der Waals surface area contributed by atoms with E-state index in [1.807, 2.05) is 0 Å². The molecule has 0 aliphatic heterocycles. The highest BCUT2D eigenvalue weighted by Gasteiger charge is 2.41. The predicted octanol–water partition coefficient (Wildman–Crippen LogP) is 2.06. The van der Waals surface area contributed by atoms with Gasteiger partial charge in [-0.2, -0.15) is 4.31 Å². The Morgan fingerprint density at radius 2 is 2.14 bits per heavy atom. The van der Waals surface area contributed by atoms with Gasteiger partial charge in [0.2, 0.25) is 5.09 Å². The molecule has 0 spiro atoms. The number of fused-ring (bicyclic) bond motifs is 2. The molecule has 21 heavy (non-hydrogen) atoms. The summed E-state index contributed by atoms with van der Waals surface area (Å²) in [5.74, 6) is 2.73. The van der Waals surface area contributed by atoms with Crippen molar-refractivity contribution in [1.82, 2.24) is 9.62 Å². The minimum absolute atomic E-state index is 0.0541. The van der Waals surface area contributed by atoms with Crippen LogP contribution in [0.4, 0.5) is 0 Å². The number of rotatable bonds is 6. The van der Waals surface area contributed by atoms with Gasteiger partial charge < -0.3 is 9.73 Å². The maximum atomic E-state index is 12.6. The van der Waals surface area contributed by atoms with E-state index in [4.69, 9.17) is 4.42 Å². The van der Waals surface area contributed by atoms with Crippen molar-refractivity contribution in [1.29, 1.82) is 0 Å². The van der Waals surface area contributed by atoms with E-state index in [1.54, 1.807) is 26.2 Å². The van der Waals surface area contributed by atoms with Crippen LogP contribution in [0.1, 0.15) is 31.4 Å². The average molecular weight is 312 g/mol. The molecule has 2 saturated carbocycles. The molecular formula is C15H24N2O3S. The largest absolute Gasteiger partial charge is 0.447 e. The lowest BCUT2D eigenvalue weighted by atomic mass is 9.89. The zero-order valence-corrected chi connectivity index (χ0v) is 13.5. The molecule has 0 amide bonds. The lowest BCUT2D eigenvalue weighted by Crippen LogP contribution is -2.33. The van der Waals surface area contributed by atoms with Crippen LogP contribution in [0.15, 0.2) is 21.6 Å². The molecule has 0 aromatic carbocycles. The maximum Gasteiger partial charge on any atom is 0.276 e. The Labute approximate surface area is 126 Å². The van der Waals surface area contributed by atoms with Gasteiger partial charge >= 0.3 is 0 Å². The van der Waals surface area contributed by atoms with E-state index in [9.17, 15) is 8.42 Å². The van der Waals surface area contributed by atoms with E-state index in [0.717, 1.165) is 11.8 Å². The third kappa shape index (κ3) is 2.89. The zero-order chi connectivity index (χ0) is 15.0. The molecule has 2 fully saturated rings. The number of hydrogen-bond donors (Lipinski definition) is 1. The number of nitrogens with one attached hydrogen (secondary N) is 1. The van der Waals surface area contributed by atoms with Gasteiger partial charge in [-0.3, -0.25) is 0 Å². The Hall–Kier alpha value is -0.850. The molecule has 1 N–H and O–H groups in total. The Kier molecular flexibility index (Phi) is 4.12. The van der Waals surface area contributed by atoms with Crippen molar-refractivity contribution in [3.63, 3.8) is 0 Å². The van der Waals surface area contributed by atoms with E-state index in [1.165, 1.54) is 30.0 Å². The monoisotopic (exact) mass is 312 g/mol. The van der Waals surface area contributed by atoms with Crippen LogP contribution in [0, 0.1) is 17.8 Å². The molecule has 3 unspecified atom stereocenters. The van der Waals surface area contributed by atoms with Crippen LogP contribution >= 0.6 is 0 Å². The van der Waals surface area contributed by atoms with E-state index >= 15 is 0 Å². The maximum absolute atomic E-state index is 12.6. The van der Waals surface area contributed by atoms with Gasteiger partial charge in [-0.25, -0.2) is 8.42 Å². The van der Waals surface area contributed by atoms with Gasteiger partial charge in [-0.05, 0) is 56.2 Å². The third-order valence-electron chi connectivity index (χ3n) is 5.03. The Morgan fingerprint density at radius 3 is 2.76 bits per heavy atom. The van der Waals surface area contributed by atoms with E-state index in [2.05, 4.69) is 5.32 Å². The molecule has 1 aromatic rings. The molecule has 0 saturated heterocycles. The molecule has 2 bridgehead atoms.